The van der Waals surface area contributed by atoms with Crippen LogP contribution in [0.5, 0.6) is 46.0 Å². The molecule has 672 valence electrons. The predicted molar refractivity (Wildman–Crippen MR) is 471 cm³/mol. The maximum absolute atomic E-state index is 13.3. The molecule has 4 aromatic carbocycles. The lowest BCUT2D eigenvalue weighted by molar-refractivity contribution is -0.161. The summed E-state index contributed by atoms with van der Waals surface area (Å²) in [6.07, 6.45) is -29.2. The lowest BCUT2D eigenvalue weighted by atomic mass is 9.79. The lowest BCUT2D eigenvalue weighted by Crippen LogP contribution is -2.51. The van der Waals surface area contributed by atoms with E-state index >= 15 is 0 Å². The minimum atomic E-state index is -3.92. The number of fused-ring (bicyclic) bond motifs is 12. The monoisotopic (exact) mass is 1720 g/mol. The first-order valence-corrected chi connectivity index (χ1v) is 40.2. The van der Waals surface area contributed by atoms with Gasteiger partial charge in [-0.1, -0.05) is 111 Å². The number of nitrogens with two attached hydrogens (primary N) is 4. The van der Waals surface area contributed by atoms with Crippen molar-refractivity contribution in [3.05, 3.63) is 92.9 Å². The van der Waals surface area contributed by atoms with E-state index in [2.05, 4.69) is 4.90 Å². The molecule has 0 bridgehead atoms. The van der Waals surface area contributed by atoms with E-state index < -0.39 is 318 Å². The SMILES string of the molecule is [2H]C([2H])([2H])C([2H])(C)C([2H])([2H])C1CN2CCc3cc(OC)c(OC)cc3C2CC1OC(=O)[C@@H](N)C(C)C.[2H]C([2H])([2H])Oc1cc2c(cc1OC)C1CC(OC(=O)[C@@H](N)C(C)C)C(C([2H])([2H])C([2H])(C)C([2H])([2H])[2H])CN1CC2.[2H]c1c(OC([2H])([2H])[2H])c(OC)c([2H])c2c1C([2H])([2H])C([2H])([2H])N1C([2H])([2H])C([2H])(CC(C)C)C([2H])(OC(=O)[C@@H](N)C(C)C)C([2H])([2H])C21[2H].[2H]c1c(OC)c(OC)c([2H])c2c1C([2H])([2H])C([2H])([2H])N1C([2H])([2H])C([2H])(CC(C)C)C([2H])(OC(=O)[C@@H](N)C(C)C)C([2H])([2H])C21[2H]. The van der Waals surface area contributed by atoms with Crippen LogP contribution in [0.15, 0.2) is 48.4 Å². The average Bonchev–Trinajstić information content (AvgIpc) is 0.655. The Kier molecular flexibility index (Phi) is 19.0. The fourth-order valence-corrected chi connectivity index (χ4v) is 14.5. The molecule has 0 amide bonds. The fourth-order valence-electron chi connectivity index (χ4n) is 14.5. The summed E-state index contributed by atoms with van der Waals surface area (Å²) in [5.74, 6) is -22.5. The summed E-state index contributed by atoms with van der Waals surface area (Å²) >= 11 is 0. The molecule has 0 spiro atoms. The standard InChI is InChI=1S/4C24H38N2O4/c4*1-14(2)9-17-13-26-8-7-16-10-21(28-5)22(29-6)11-18(16)19(26)12-20(17)30-24(27)23(25)15(3)4/h4*10-11,14-15,17,19-20,23H,7-9,12-13,25H2,1-6H3/t4*17?,19?,20?,23-/m0000/s1/i5D3,7D2,8D2,10D,11D,12D2,13D2,17D,19D,20D;7D2,8D2,10D,11D,12D2,13D2,17D,19D,20D;1D3,5D3,9D2,14D;1D3,9D2,14D/t2m;2*14?,17?,19?,20?,23-. The zero-order valence-corrected chi connectivity index (χ0v) is 72.2. The van der Waals surface area contributed by atoms with Gasteiger partial charge in [0.15, 0.2) is 46.0 Å². The number of ether oxygens (including phenoxy) is 12. The summed E-state index contributed by atoms with van der Waals surface area (Å²) in [6, 6.07) is -9.96. The third-order valence-electron chi connectivity index (χ3n) is 21.3. The molecule has 4 fully saturated rings. The number of methoxy groups -OCH3 is 8. The molecule has 4 saturated heterocycles. The van der Waals surface area contributed by atoms with Gasteiger partial charge in [0.05, 0.1) is 75.9 Å². The number of carbonyl (C=O) groups is 4. The van der Waals surface area contributed by atoms with Crippen LogP contribution in [-0.2, 0) is 63.7 Å². The third kappa shape index (κ3) is 23.8. The van der Waals surface area contributed by atoms with Crippen molar-refractivity contribution in [2.24, 2.45) is 93.9 Å². The van der Waals surface area contributed by atoms with Crippen molar-refractivity contribution >= 4 is 23.9 Å². The molecule has 8 aliphatic rings. The molecule has 18 atom stereocenters. The molecule has 0 aliphatic carbocycles. The normalized spacial score (nSPS) is 39.0. The van der Waals surface area contributed by atoms with Gasteiger partial charge >= 0.3 is 23.9 Å². The van der Waals surface area contributed by atoms with Gasteiger partial charge in [-0.15, -0.1) is 0 Å². The molecule has 8 aliphatic heterocycles. The van der Waals surface area contributed by atoms with Crippen LogP contribution < -0.4 is 60.8 Å². The molecular weight excluding hydrogens is 1520 g/mol. The van der Waals surface area contributed by atoms with E-state index in [0.29, 0.717) is 37.4 Å². The largest absolute Gasteiger partial charge is 0.493 e. The number of hydrogen-bond acceptors (Lipinski definition) is 24. The molecule has 14 unspecified atom stereocenters. The van der Waals surface area contributed by atoms with Gasteiger partial charge in [-0.2, -0.15) is 0 Å². The number of nitrogens with zero attached hydrogens (tertiary/aromatic N) is 4. The van der Waals surface area contributed by atoms with E-state index in [-0.39, 0.29) is 71.1 Å². The summed E-state index contributed by atoms with van der Waals surface area (Å²) in [4.78, 5) is 56.0. The summed E-state index contributed by atoms with van der Waals surface area (Å²) < 4.78 is 445. The van der Waals surface area contributed by atoms with Gasteiger partial charge in [0, 0.05) is 167 Å². The van der Waals surface area contributed by atoms with Gasteiger partial charge in [-0.3, -0.25) is 38.8 Å². The van der Waals surface area contributed by atoms with Crippen molar-refractivity contribution in [2.75, 3.05) is 109 Å². The zero-order chi connectivity index (χ0) is 127. The maximum atomic E-state index is 13.3. The second kappa shape index (κ2) is 43.9. The summed E-state index contributed by atoms with van der Waals surface area (Å²) in [7, 11) is 1.56. The quantitative estimate of drug-likeness (QED) is 0.0303. The second-order valence-corrected chi connectivity index (χ2v) is 32.5. The van der Waals surface area contributed by atoms with Crippen molar-refractivity contribution in [3.8, 4) is 46.0 Å². The highest BCUT2D eigenvalue weighted by Crippen LogP contribution is 2.50. The van der Waals surface area contributed by atoms with Crippen molar-refractivity contribution in [2.45, 2.75) is 260 Å². The highest BCUT2D eigenvalue weighted by atomic mass is 16.6. The number of esters is 4. The molecule has 0 aromatic heterocycles. The zero-order valence-electron chi connectivity index (χ0n) is 116. The molecule has 0 radical (unpaired) electrons. The Bertz CT molecular complexity index is 6180. The van der Waals surface area contributed by atoms with Crippen molar-refractivity contribution in [3.63, 3.8) is 0 Å². The molecule has 8 N–H and O–H groups in total. The van der Waals surface area contributed by atoms with Crippen LogP contribution in [0.25, 0.3) is 0 Å². The molecule has 24 nitrogen and oxygen atoms in total. The smallest absolute Gasteiger partial charge is 0.323 e. The Hall–Kier alpha value is -7.16. The summed E-state index contributed by atoms with van der Waals surface area (Å²) in [5, 5.41) is 0. The number of piperidine rings is 4. The molecule has 8 heterocycles. The van der Waals surface area contributed by atoms with E-state index in [1.807, 2.05) is 17.0 Å². The Labute approximate surface area is 780 Å². The topological polar surface area (TPSA) is 296 Å². The van der Waals surface area contributed by atoms with Gasteiger partial charge in [0.1, 0.15) is 48.5 Å². The number of rotatable bonds is 28. The van der Waals surface area contributed by atoms with Crippen LogP contribution in [0.1, 0.15) is 291 Å². The van der Waals surface area contributed by atoms with Gasteiger partial charge in [-0.05, 0) is 191 Å². The van der Waals surface area contributed by atoms with Crippen molar-refractivity contribution < 1.29 is 136 Å². The second-order valence-electron chi connectivity index (χ2n) is 32.5. The minimum absolute atomic E-state index is 0.0341. The predicted octanol–water partition coefficient (Wildman–Crippen LogP) is 14.3. The van der Waals surface area contributed by atoms with E-state index in [0.717, 1.165) is 57.4 Å². The number of hydrogen-bond donors (Lipinski definition) is 4. The number of carbonyl (C=O) groups excluding carboxylic acids is 4. The van der Waals surface area contributed by atoms with E-state index in [9.17, 15) is 38.4 Å². The minimum Gasteiger partial charge on any atom is -0.493 e. The summed E-state index contributed by atoms with van der Waals surface area (Å²) in [5.41, 5.74) is 23.0. The Morgan fingerprint density at radius 1 is 0.450 bits per heavy atom. The fraction of sp³-hybridized carbons (Fsp3) is 0.708. The third-order valence-corrected chi connectivity index (χ3v) is 21.3. The van der Waals surface area contributed by atoms with Crippen LogP contribution in [0.2, 0.25) is 0 Å². The van der Waals surface area contributed by atoms with Gasteiger partial charge in [-0.25, -0.2) is 0 Å². The Morgan fingerprint density at radius 2 is 0.775 bits per heavy atom. The molecule has 12 rings (SSSR count). The molecule has 4 aromatic rings. The first-order valence-electron chi connectivity index (χ1n) is 62.2. The van der Waals surface area contributed by atoms with Crippen LogP contribution >= 0.6 is 0 Å². The van der Waals surface area contributed by atoms with Crippen LogP contribution in [0, 0.1) is 70.9 Å². The first kappa shape index (κ1) is 51.9. The molecule has 120 heavy (non-hydrogen) atoms. The molecule has 24 heteroatoms. The van der Waals surface area contributed by atoms with Gasteiger partial charge in [0.2, 0.25) is 0 Å². The van der Waals surface area contributed by atoms with Crippen molar-refractivity contribution in [1.82, 2.24) is 19.6 Å². The first-order chi connectivity index (χ1) is 73.9. The van der Waals surface area contributed by atoms with Crippen LogP contribution in [0.4, 0.5) is 0 Å². The Balaban J connectivity index is 0.000000241. The van der Waals surface area contributed by atoms with E-state index in [1.165, 1.54) is 62.5 Å². The lowest BCUT2D eigenvalue weighted by Gasteiger charge is -2.47. The number of benzene rings is 4. The molecular formula is C96H152N8O16. The average molecular weight is 1720 g/mol. The maximum Gasteiger partial charge on any atom is 0.323 e. The van der Waals surface area contributed by atoms with E-state index in [1.54, 1.807) is 54.0 Å². The van der Waals surface area contributed by atoms with Gasteiger partial charge < -0.3 is 79.8 Å². The van der Waals surface area contributed by atoms with Gasteiger partial charge in [0.25, 0.3) is 0 Å². The summed E-state index contributed by atoms with van der Waals surface area (Å²) in [6.45, 7) is 1.74. The molecule has 0 saturated carbocycles. The van der Waals surface area contributed by atoms with Crippen LogP contribution in [-0.4, -0.2) is 201 Å². The highest BCUT2D eigenvalue weighted by molar-refractivity contribution is 5.77. The van der Waals surface area contributed by atoms with Crippen molar-refractivity contribution in [1.29, 1.82) is 0 Å². The van der Waals surface area contributed by atoms with E-state index in [4.69, 9.17) is 121 Å². The highest BCUT2D eigenvalue weighted by Gasteiger charge is 2.47. The Morgan fingerprint density at radius 3 is 1.11 bits per heavy atom. The van der Waals surface area contributed by atoms with Crippen LogP contribution in [0.3, 0.4) is 0 Å².